The molecule has 4 nitrogen and oxygen atoms in total. The highest BCUT2D eigenvalue weighted by Crippen LogP contribution is 2.31. The van der Waals surface area contributed by atoms with Gasteiger partial charge in [0.25, 0.3) is 0 Å². The van der Waals surface area contributed by atoms with Crippen molar-refractivity contribution in [2.24, 2.45) is 0 Å². The fraction of sp³-hybridized carbons (Fsp3) is 0.462. The van der Waals surface area contributed by atoms with Crippen LogP contribution in [-0.4, -0.2) is 30.2 Å². The number of anilines is 2. The molecular formula is C13H18N2O2. The zero-order valence-electron chi connectivity index (χ0n) is 10.2. The first-order valence-corrected chi connectivity index (χ1v) is 6.01. The van der Waals surface area contributed by atoms with Crippen molar-refractivity contribution in [3.05, 3.63) is 23.8 Å². The third kappa shape index (κ3) is 2.20. The minimum absolute atomic E-state index is 0.335. The quantitative estimate of drug-likeness (QED) is 0.843. The van der Waals surface area contributed by atoms with Gasteiger partial charge in [0.2, 0.25) is 0 Å². The molecule has 4 heteroatoms. The van der Waals surface area contributed by atoms with Crippen molar-refractivity contribution in [1.29, 1.82) is 0 Å². The summed E-state index contributed by atoms with van der Waals surface area (Å²) >= 11 is 0. The van der Waals surface area contributed by atoms with Crippen LogP contribution in [0.25, 0.3) is 0 Å². The lowest BCUT2D eigenvalue weighted by atomic mass is 10.1. The van der Waals surface area contributed by atoms with Crippen LogP contribution in [0.5, 0.6) is 0 Å². The van der Waals surface area contributed by atoms with E-state index in [0.717, 1.165) is 30.9 Å². The van der Waals surface area contributed by atoms with Gasteiger partial charge in [-0.3, -0.25) is 0 Å². The topological polar surface area (TPSA) is 52.6 Å². The SMILES string of the molecule is CCC(C)N1CCNc2cc(C(=O)O)ccc21. The van der Waals surface area contributed by atoms with Crippen molar-refractivity contribution in [1.82, 2.24) is 0 Å². The number of rotatable bonds is 3. The average molecular weight is 234 g/mol. The van der Waals surface area contributed by atoms with Crippen LogP contribution in [0.3, 0.4) is 0 Å². The van der Waals surface area contributed by atoms with E-state index in [0.29, 0.717) is 11.6 Å². The molecule has 0 saturated carbocycles. The number of carbonyl (C=O) groups is 1. The molecule has 1 unspecified atom stereocenters. The second-order valence-corrected chi connectivity index (χ2v) is 4.41. The molecule has 0 aliphatic carbocycles. The lowest BCUT2D eigenvalue weighted by Crippen LogP contribution is -2.40. The molecule has 1 aromatic rings. The maximum absolute atomic E-state index is 10.9. The summed E-state index contributed by atoms with van der Waals surface area (Å²) in [6.07, 6.45) is 1.08. The number of fused-ring (bicyclic) bond motifs is 1. The summed E-state index contributed by atoms with van der Waals surface area (Å²) in [7, 11) is 0. The summed E-state index contributed by atoms with van der Waals surface area (Å²) in [4.78, 5) is 13.2. The molecule has 0 radical (unpaired) electrons. The molecule has 0 aromatic heterocycles. The molecule has 1 atom stereocenters. The zero-order chi connectivity index (χ0) is 12.4. The molecule has 17 heavy (non-hydrogen) atoms. The standard InChI is InChI=1S/C13H18N2O2/c1-3-9(2)15-7-6-14-11-8-10(13(16)17)4-5-12(11)15/h4-5,8-9,14H,3,6-7H2,1-2H3,(H,16,17). The molecule has 0 bridgehead atoms. The number of nitrogens with zero attached hydrogens (tertiary/aromatic N) is 1. The van der Waals surface area contributed by atoms with E-state index < -0.39 is 5.97 Å². The van der Waals surface area contributed by atoms with Crippen LogP contribution >= 0.6 is 0 Å². The summed E-state index contributed by atoms with van der Waals surface area (Å²) in [5, 5.41) is 12.2. The smallest absolute Gasteiger partial charge is 0.335 e. The van der Waals surface area contributed by atoms with Crippen molar-refractivity contribution in [3.63, 3.8) is 0 Å². The van der Waals surface area contributed by atoms with Crippen LogP contribution in [0.4, 0.5) is 11.4 Å². The fourth-order valence-corrected chi connectivity index (χ4v) is 2.17. The highest BCUT2D eigenvalue weighted by Gasteiger charge is 2.21. The Balaban J connectivity index is 2.36. The third-order valence-electron chi connectivity index (χ3n) is 3.34. The molecule has 1 aromatic carbocycles. The van der Waals surface area contributed by atoms with E-state index in [1.165, 1.54) is 0 Å². The van der Waals surface area contributed by atoms with Crippen LogP contribution in [0.15, 0.2) is 18.2 Å². The number of hydrogen-bond donors (Lipinski definition) is 2. The molecule has 2 N–H and O–H groups in total. The Hall–Kier alpha value is -1.71. The van der Waals surface area contributed by atoms with Crippen LogP contribution in [0, 0.1) is 0 Å². The van der Waals surface area contributed by atoms with Crippen LogP contribution in [0.1, 0.15) is 30.6 Å². The summed E-state index contributed by atoms with van der Waals surface area (Å²) in [5.74, 6) is -0.879. The predicted molar refractivity (Wildman–Crippen MR) is 69.0 cm³/mol. The van der Waals surface area contributed by atoms with Crippen molar-refractivity contribution >= 4 is 17.3 Å². The van der Waals surface area contributed by atoms with Gasteiger partial charge < -0.3 is 15.3 Å². The Morgan fingerprint density at radius 2 is 2.35 bits per heavy atom. The first kappa shape index (κ1) is 11.8. The maximum atomic E-state index is 10.9. The van der Waals surface area contributed by atoms with Crippen LogP contribution in [-0.2, 0) is 0 Å². The van der Waals surface area contributed by atoms with Gasteiger partial charge in [0.05, 0.1) is 16.9 Å². The first-order valence-electron chi connectivity index (χ1n) is 6.01. The molecule has 1 aliphatic heterocycles. The summed E-state index contributed by atoms with van der Waals surface area (Å²) in [6, 6.07) is 5.76. The van der Waals surface area contributed by atoms with E-state index in [9.17, 15) is 4.79 Å². The zero-order valence-corrected chi connectivity index (χ0v) is 10.2. The summed E-state index contributed by atoms with van der Waals surface area (Å²) < 4.78 is 0. The van der Waals surface area contributed by atoms with Crippen molar-refractivity contribution in [3.8, 4) is 0 Å². The second-order valence-electron chi connectivity index (χ2n) is 4.41. The van der Waals surface area contributed by atoms with Gasteiger partial charge in [0.15, 0.2) is 0 Å². The summed E-state index contributed by atoms with van der Waals surface area (Å²) in [6.45, 7) is 6.19. The summed E-state index contributed by atoms with van der Waals surface area (Å²) in [5.41, 5.74) is 2.37. The molecule has 0 spiro atoms. The number of carboxylic acids is 1. The Morgan fingerprint density at radius 3 is 3.00 bits per heavy atom. The van der Waals surface area contributed by atoms with Gasteiger partial charge in [-0.2, -0.15) is 0 Å². The highest BCUT2D eigenvalue weighted by molar-refractivity contribution is 5.91. The first-order chi connectivity index (χ1) is 8.13. The van der Waals surface area contributed by atoms with Crippen molar-refractivity contribution in [2.45, 2.75) is 26.3 Å². The highest BCUT2D eigenvalue weighted by atomic mass is 16.4. The number of hydrogen-bond acceptors (Lipinski definition) is 3. The molecule has 92 valence electrons. The van der Waals surface area contributed by atoms with Gasteiger partial charge in [0, 0.05) is 19.1 Å². The lowest BCUT2D eigenvalue weighted by molar-refractivity contribution is 0.0697. The Kier molecular flexibility index (Phi) is 3.22. The van der Waals surface area contributed by atoms with Gasteiger partial charge >= 0.3 is 5.97 Å². The molecule has 1 heterocycles. The van der Waals surface area contributed by atoms with E-state index in [2.05, 4.69) is 24.1 Å². The van der Waals surface area contributed by atoms with Gasteiger partial charge in [-0.05, 0) is 31.5 Å². The van der Waals surface area contributed by atoms with E-state index in [1.807, 2.05) is 6.07 Å². The molecule has 0 fully saturated rings. The minimum Gasteiger partial charge on any atom is -0.478 e. The molecule has 0 saturated heterocycles. The Morgan fingerprint density at radius 1 is 1.59 bits per heavy atom. The number of aromatic carboxylic acids is 1. The average Bonchev–Trinajstić information content (AvgIpc) is 2.36. The number of benzene rings is 1. The Labute approximate surface area is 101 Å². The van der Waals surface area contributed by atoms with Gasteiger partial charge in [-0.25, -0.2) is 4.79 Å². The van der Waals surface area contributed by atoms with E-state index in [1.54, 1.807) is 12.1 Å². The normalized spacial score (nSPS) is 16.0. The lowest BCUT2D eigenvalue weighted by Gasteiger charge is -2.36. The van der Waals surface area contributed by atoms with Crippen molar-refractivity contribution in [2.75, 3.05) is 23.3 Å². The van der Waals surface area contributed by atoms with E-state index in [4.69, 9.17) is 5.11 Å². The van der Waals surface area contributed by atoms with Crippen LogP contribution < -0.4 is 10.2 Å². The number of nitrogens with one attached hydrogen (secondary N) is 1. The van der Waals surface area contributed by atoms with Crippen molar-refractivity contribution < 1.29 is 9.90 Å². The Bertz CT molecular complexity index is 431. The largest absolute Gasteiger partial charge is 0.478 e. The fourth-order valence-electron chi connectivity index (χ4n) is 2.17. The molecule has 1 aliphatic rings. The van der Waals surface area contributed by atoms with Gasteiger partial charge in [-0.1, -0.05) is 6.92 Å². The van der Waals surface area contributed by atoms with E-state index in [-0.39, 0.29) is 0 Å². The molecular weight excluding hydrogens is 216 g/mol. The molecule has 2 rings (SSSR count). The third-order valence-corrected chi connectivity index (χ3v) is 3.34. The van der Waals surface area contributed by atoms with E-state index >= 15 is 0 Å². The minimum atomic E-state index is -0.879. The van der Waals surface area contributed by atoms with Gasteiger partial charge in [0.1, 0.15) is 0 Å². The predicted octanol–water partition coefficient (Wildman–Crippen LogP) is 2.42. The second kappa shape index (κ2) is 4.65. The maximum Gasteiger partial charge on any atom is 0.335 e. The van der Waals surface area contributed by atoms with Crippen LogP contribution in [0.2, 0.25) is 0 Å². The number of carboxylic acid groups (broad SMARTS) is 1. The van der Waals surface area contributed by atoms with Gasteiger partial charge in [-0.15, -0.1) is 0 Å². The monoisotopic (exact) mass is 234 g/mol. The molecule has 0 amide bonds.